The molecular formula is C16H27N3O3. The number of carbonyl (C=O) groups is 1. The summed E-state index contributed by atoms with van der Waals surface area (Å²) in [4.78, 5) is 11.7. The zero-order valence-electron chi connectivity index (χ0n) is 13.2. The summed E-state index contributed by atoms with van der Waals surface area (Å²) in [5.74, 6) is 1.26. The molecule has 1 amide bonds. The lowest BCUT2D eigenvalue weighted by Gasteiger charge is -2.48. The van der Waals surface area contributed by atoms with Crippen LogP contribution in [-0.2, 0) is 14.3 Å². The van der Waals surface area contributed by atoms with Crippen LogP contribution in [0, 0.1) is 17.8 Å². The molecule has 6 nitrogen and oxygen atoms in total. The lowest BCUT2D eigenvalue weighted by Crippen LogP contribution is -2.59. The Labute approximate surface area is 131 Å². The minimum absolute atomic E-state index is 0.0459. The van der Waals surface area contributed by atoms with Gasteiger partial charge in [0.1, 0.15) is 0 Å². The number of nitrogens with zero attached hydrogens (tertiary/aromatic N) is 2. The van der Waals surface area contributed by atoms with Crippen LogP contribution in [0.4, 0.5) is 0 Å². The van der Waals surface area contributed by atoms with Gasteiger partial charge in [0.25, 0.3) is 0 Å². The first-order valence-corrected chi connectivity index (χ1v) is 8.68. The molecular weight excluding hydrogens is 282 g/mol. The third kappa shape index (κ3) is 2.46. The van der Waals surface area contributed by atoms with Gasteiger partial charge >= 0.3 is 0 Å². The monoisotopic (exact) mass is 309 g/mol. The first-order chi connectivity index (χ1) is 10.7. The van der Waals surface area contributed by atoms with Crippen molar-refractivity contribution in [1.82, 2.24) is 10.0 Å². The van der Waals surface area contributed by atoms with Crippen LogP contribution >= 0.6 is 0 Å². The maximum atomic E-state index is 11.7. The number of amides is 1. The molecule has 0 aromatic heterocycles. The molecule has 0 aromatic rings. The highest BCUT2D eigenvalue weighted by Gasteiger charge is 2.64. The van der Waals surface area contributed by atoms with Crippen molar-refractivity contribution in [3.8, 4) is 0 Å². The smallest absolute Gasteiger partial charge is 0.220 e. The van der Waals surface area contributed by atoms with Gasteiger partial charge in [-0.1, -0.05) is 0 Å². The van der Waals surface area contributed by atoms with E-state index < -0.39 is 0 Å². The molecule has 1 spiro atoms. The van der Waals surface area contributed by atoms with Crippen molar-refractivity contribution < 1.29 is 14.3 Å². The average Bonchev–Trinajstić information content (AvgIpc) is 3.00. The van der Waals surface area contributed by atoms with Crippen molar-refractivity contribution >= 4 is 5.91 Å². The molecule has 0 radical (unpaired) electrons. The number of nitrogens with two attached hydrogens (primary N) is 1. The van der Waals surface area contributed by atoms with Crippen LogP contribution < -0.4 is 5.73 Å². The average molecular weight is 309 g/mol. The Morgan fingerprint density at radius 2 is 1.86 bits per heavy atom. The number of ether oxygens (including phenoxy) is 2. The van der Waals surface area contributed by atoms with Gasteiger partial charge in [0, 0.05) is 44.3 Å². The van der Waals surface area contributed by atoms with Crippen LogP contribution in [0.15, 0.2) is 0 Å². The summed E-state index contributed by atoms with van der Waals surface area (Å²) in [7, 11) is 0. The highest BCUT2D eigenvalue weighted by molar-refractivity contribution is 5.77. The predicted molar refractivity (Wildman–Crippen MR) is 80.8 cm³/mol. The summed E-state index contributed by atoms with van der Waals surface area (Å²) in [5.41, 5.74) is 5.78. The first-order valence-electron chi connectivity index (χ1n) is 8.68. The quantitative estimate of drug-likeness (QED) is 0.808. The van der Waals surface area contributed by atoms with E-state index >= 15 is 0 Å². The second-order valence-corrected chi connectivity index (χ2v) is 7.32. The number of piperidine rings is 1. The topological polar surface area (TPSA) is 68.0 Å². The van der Waals surface area contributed by atoms with Gasteiger partial charge in [0.15, 0.2) is 0 Å². The maximum Gasteiger partial charge on any atom is 0.220 e. The Morgan fingerprint density at radius 3 is 2.55 bits per heavy atom. The number of hydrazine groups is 1. The van der Waals surface area contributed by atoms with E-state index in [1.54, 1.807) is 0 Å². The minimum Gasteiger partial charge on any atom is -0.381 e. The summed E-state index contributed by atoms with van der Waals surface area (Å²) < 4.78 is 11.1. The van der Waals surface area contributed by atoms with E-state index in [1.807, 2.05) is 0 Å². The van der Waals surface area contributed by atoms with Gasteiger partial charge < -0.3 is 15.2 Å². The summed E-state index contributed by atoms with van der Waals surface area (Å²) in [6, 6.07) is 0. The molecule has 2 N–H and O–H groups in total. The zero-order valence-corrected chi connectivity index (χ0v) is 13.2. The maximum absolute atomic E-state index is 11.7. The Balaban J connectivity index is 1.53. The zero-order chi connectivity index (χ0) is 15.2. The lowest BCUT2D eigenvalue weighted by molar-refractivity contribution is -0.152. The fraction of sp³-hybridized carbons (Fsp3) is 0.938. The van der Waals surface area contributed by atoms with E-state index in [0.717, 1.165) is 58.9 Å². The molecule has 4 atom stereocenters. The van der Waals surface area contributed by atoms with E-state index in [1.165, 1.54) is 12.8 Å². The molecule has 124 valence electrons. The van der Waals surface area contributed by atoms with Crippen molar-refractivity contribution in [2.24, 2.45) is 23.5 Å². The first kappa shape index (κ1) is 14.9. The van der Waals surface area contributed by atoms with Crippen molar-refractivity contribution in [2.45, 2.75) is 31.2 Å². The number of rotatable bonds is 3. The van der Waals surface area contributed by atoms with E-state index in [2.05, 4.69) is 10.0 Å². The van der Waals surface area contributed by atoms with Crippen LogP contribution in [0.5, 0.6) is 0 Å². The van der Waals surface area contributed by atoms with Crippen molar-refractivity contribution in [2.75, 3.05) is 46.1 Å². The van der Waals surface area contributed by atoms with E-state index in [0.29, 0.717) is 11.8 Å². The van der Waals surface area contributed by atoms with Gasteiger partial charge in [-0.05, 0) is 37.5 Å². The van der Waals surface area contributed by atoms with E-state index in [9.17, 15) is 4.79 Å². The second-order valence-electron chi connectivity index (χ2n) is 7.32. The predicted octanol–water partition coefficient (Wildman–Crippen LogP) is 0.226. The fourth-order valence-corrected chi connectivity index (χ4v) is 4.92. The number of hydrogen-bond donors (Lipinski definition) is 1. The van der Waals surface area contributed by atoms with Crippen LogP contribution in [0.3, 0.4) is 0 Å². The van der Waals surface area contributed by atoms with Crippen molar-refractivity contribution in [3.63, 3.8) is 0 Å². The molecule has 1 saturated carbocycles. The van der Waals surface area contributed by atoms with Gasteiger partial charge in [0.05, 0.1) is 13.2 Å². The molecule has 0 bridgehead atoms. The van der Waals surface area contributed by atoms with Gasteiger partial charge in [-0.25, -0.2) is 10.0 Å². The summed E-state index contributed by atoms with van der Waals surface area (Å²) >= 11 is 0. The summed E-state index contributed by atoms with van der Waals surface area (Å²) in [6.45, 7) is 6.30. The lowest BCUT2D eigenvalue weighted by atomic mass is 9.85. The second kappa shape index (κ2) is 5.74. The van der Waals surface area contributed by atoms with Crippen LogP contribution in [0.1, 0.15) is 25.7 Å². The van der Waals surface area contributed by atoms with Crippen LogP contribution in [0.2, 0.25) is 0 Å². The Kier molecular flexibility index (Phi) is 3.88. The standard InChI is InChI=1S/C16H27N3O3/c17-15(20)12-1-3-19(18-4-7-21-8-5-18)16(9-12)10-14(16)13-2-6-22-11-13/h12-14H,1-11H2,(H2,17,20)/t12?,13?,14?,16-/m0/s1. The van der Waals surface area contributed by atoms with Gasteiger partial charge in [-0.3, -0.25) is 4.79 Å². The largest absolute Gasteiger partial charge is 0.381 e. The molecule has 1 aliphatic carbocycles. The Bertz CT molecular complexity index is 434. The van der Waals surface area contributed by atoms with Gasteiger partial charge in [-0.15, -0.1) is 0 Å². The third-order valence-corrected chi connectivity index (χ3v) is 6.17. The molecule has 6 heteroatoms. The van der Waals surface area contributed by atoms with Gasteiger partial charge in [-0.2, -0.15) is 0 Å². The molecule has 4 fully saturated rings. The van der Waals surface area contributed by atoms with Crippen LogP contribution in [0.25, 0.3) is 0 Å². The molecule has 4 aliphatic rings. The van der Waals surface area contributed by atoms with Crippen molar-refractivity contribution in [3.05, 3.63) is 0 Å². The molecule has 0 aromatic carbocycles. The molecule has 3 heterocycles. The molecule has 4 rings (SSSR count). The molecule has 22 heavy (non-hydrogen) atoms. The van der Waals surface area contributed by atoms with Gasteiger partial charge in [0.2, 0.25) is 5.91 Å². The SMILES string of the molecule is NC(=O)C1CCN(N2CCOCC2)[C@@]2(C1)CC2C1CCOC1. The van der Waals surface area contributed by atoms with Crippen molar-refractivity contribution in [1.29, 1.82) is 0 Å². The number of hydrogen-bond acceptors (Lipinski definition) is 5. The highest BCUT2D eigenvalue weighted by Crippen LogP contribution is 2.60. The normalized spacial score (nSPS) is 43.5. The summed E-state index contributed by atoms with van der Waals surface area (Å²) in [5, 5.41) is 5.05. The van der Waals surface area contributed by atoms with Crippen LogP contribution in [-0.4, -0.2) is 67.5 Å². The molecule has 3 aliphatic heterocycles. The Morgan fingerprint density at radius 1 is 1.05 bits per heavy atom. The number of morpholine rings is 1. The Hall–Kier alpha value is -0.690. The third-order valence-electron chi connectivity index (χ3n) is 6.17. The molecule has 3 saturated heterocycles. The molecule has 3 unspecified atom stereocenters. The number of primary amides is 1. The summed E-state index contributed by atoms with van der Waals surface area (Å²) in [6.07, 6.45) is 4.19. The van der Waals surface area contributed by atoms with E-state index in [4.69, 9.17) is 15.2 Å². The number of carbonyl (C=O) groups excluding carboxylic acids is 1. The fourth-order valence-electron chi connectivity index (χ4n) is 4.92. The van der Waals surface area contributed by atoms with E-state index in [-0.39, 0.29) is 17.4 Å². The minimum atomic E-state index is -0.116. The highest BCUT2D eigenvalue weighted by atomic mass is 16.5.